The van der Waals surface area contributed by atoms with Crippen LogP contribution in [0.5, 0.6) is 0 Å². The largest absolute Gasteiger partial charge is 0.463 e. The standard InChI is InChI=1S/C19H18N4O5/c1-13-5-2-6-15(23(26)27)19(13)20-17(24)8-3-11-22-18(25)10-9-14(21-22)16-7-4-12-28-16/h2,4-7,9-10,12H,3,8,11H2,1H3,(H,20,24). The molecule has 1 amide bonds. The van der Waals surface area contributed by atoms with E-state index in [2.05, 4.69) is 10.4 Å². The number of anilines is 1. The summed E-state index contributed by atoms with van der Waals surface area (Å²) in [5.74, 6) is 0.172. The van der Waals surface area contributed by atoms with E-state index in [1.54, 1.807) is 37.3 Å². The molecule has 3 aromatic rings. The minimum absolute atomic E-state index is 0.0879. The number of furan rings is 1. The van der Waals surface area contributed by atoms with E-state index in [9.17, 15) is 19.7 Å². The summed E-state index contributed by atoms with van der Waals surface area (Å²) >= 11 is 0. The first-order chi connectivity index (χ1) is 13.5. The van der Waals surface area contributed by atoms with Crippen LogP contribution in [0.4, 0.5) is 11.4 Å². The van der Waals surface area contributed by atoms with Crippen LogP contribution in [0.3, 0.4) is 0 Å². The summed E-state index contributed by atoms with van der Waals surface area (Å²) in [4.78, 5) is 34.8. The summed E-state index contributed by atoms with van der Waals surface area (Å²) in [5, 5.41) is 17.9. The average Bonchev–Trinajstić information content (AvgIpc) is 3.19. The lowest BCUT2D eigenvalue weighted by Gasteiger charge is -2.09. The van der Waals surface area contributed by atoms with Crippen molar-refractivity contribution in [2.75, 3.05) is 5.32 Å². The molecule has 0 spiro atoms. The van der Waals surface area contributed by atoms with Crippen LogP contribution in [-0.4, -0.2) is 20.6 Å². The molecule has 9 nitrogen and oxygen atoms in total. The zero-order chi connectivity index (χ0) is 20.1. The van der Waals surface area contributed by atoms with Crippen LogP contribution in [0.15, 0.2) is 57.9 Å². The second-order valence-corrected chi connectivity index (χ2v) is 6.14. The lowest BCUT2D eigenvalue weighted by molar-refractivity contribution is -0.384. The molecule has 9 heteroatoms. The van der Waals surface area contributed by atoms with Gasteiger partial charge in [0.05, 0.1) is 11.2 Å². The van der Waals surface area contributed by atoms with Crippen molar-refractivity contribution in [3.8, 4) is 11.5 Å². The summed E-state index contributed by atoms with van der Waals surface area (Å²) in [6.07, 6.45) is 1.95. The number of aromatic nitrogens is 2. The molecule has 144 valence electrons. The summed E-state index contributed by atoms with van der Waals surface area (Å²) in [7, 11) is 0. The fourth-order valence-electron chi connectivity index (χ4n) is 2.72. The van der Waals surface area contributed by atoms with Gasteiger partial charge in [0.15, 0.2) is 5.76 Å². The Kier molecular flexibility index (Phi) is 5.64. The van der Waals surface area contributed by atoms with Crippen molar-refractivity contribution < 1.29 is 14.1 Å². The lowest BCUT2D eigenvalue weighted by atomic mass is 10.1. The fourth-order valence-corrected chi connectivity index (χ4v) is 2.72. The van der Waals surface area contributed by atoms with Crippen LogP contribution in [0.25, 0.3) is 11.5 Å². The molecule has 1 N–H and O–H groups in total. The van der Waals surface area contributed by atoms with E-state index >= 15 is 0 Å². The van der Waals surface area contributed by atoms with Crippen LogP contribution in [0, 0.1) is 17.0 Å². The highest BCUT2D eigenvalue weighted by atomic mass is 16.6. The molecule has 0 atom stereocenters. The molecule has 1 aromatic carbocycles. The molecule has 0 fully saturated rings. The van der Waals surface area contributed by atoms with Gasteiger partial charge in [-0.1, -0.05) is 12.1 Å². The van der Waals surface area contributed by atoms with Crippen LogP contribution in [0.1, 0.15) is 18.4 Å². The maximum atomic E-state index is 12.2. The molecule has 0 saturated carbocycles. The molecule has 3 rings (SSSR count). The lowest BCUT2D eigenvalue weighted by Crippen LogP contribution is -2.23. The minimum atomic E-state index is -0.535. The van der Waals surface area contributed by atoms with Gasteiger partial charge in [0.25, 0.3) is 11.2 Å². The molecule has 0 aliphatic rings. The Morgan fingerprint density at radius 1 is 1.25 bits per heavy atom. The van der Waals surface area contributed by atoms with Gasteiger partial charge in [-0.2, -0.15) is 5.10 Å². The summed E-state index contributed by atoms with van der Waals surface area (Å²) < 4.78 is 6.53. The fraction of sp³-hybridized carbons (Fsp3) is 0.211. The number of carbonyl (C=O) groups is 1. The molecule has 28 heavy (non-hydrogen) atoms. The molecule has 2 aromatic heterocycles. The Morgan fingerprint density at radius 2 is 2.07 bits per heavy atom. The number of nitro groups is 1. The third kappa shape index (κ3) is 4.32. The minimum Gasteiger partial charge on any atom is -0.463 e. The van der Waals surface area contributed by atoms with E-state index in [1.807, 2.05) is 0 Å². The van der Waals surface area contributed by atoms with Gasteiger partial charge < -0.3 is 9.73 Å². The second kappa shape index (κ2) is 8.30. The first-order valence-corrected chi connectivity index (χ1v) is 8.61. The van der Waals surface area contributed by atoms with Gasteiger partial charge in [-0.3, -0.25) is 19.7 Å². The number of para-hydroxylation sites is 1. The van der Waals surface area contributed by atoms with Gasteiger partial charge >= 0.3 is 0 Å². The summed E-state index contributed by atoms with van der Waals surface area (Å²) in [6.45, 7) is 1.92. The van der Waals surface area contributed by atoms with Gasteiger partial charge in [0, 0.05) is 25.1 Å². The smallest absolute Gasteiger partial charge is 0.293 e. The van der Waals surface area contributed by atoms with E-state index in [1.165, 1.54) is 23.1 Å². The number of carbonyl (C=O) groups excluding carboxylic acids is 1. The Balaban J connectivity index is 1.63. The van der Waals surface area contributed by atoms with E-state index in [-0.39, 0.29) is 35.8 Å². The Bertz CT molecular complexity index is 1060. The number of rotatable bonds is 7. The van der Waals surface area contributed by atoms with Crippen molar-refractivity contribution in [1.82, 2.24) is 9.78 Å². The van der Waals surface area contributed by atoms with Crippen LogP contribution in [-0.2, 0) is 11.3 Å². The number of hydrogen-bond acceptors (Lipinski definition) is 6. The zero-order valence-electron chi connectivity index (χ0n) is 15.1. The molecule has 0 bridgehead atoms. The van der Waals surface area contributed by atoms with E-state index in [0.29, 0.717) is 23.4 Å². The molecule has 0 saturated heterocycles. The van der Waals surface area contributed by atoms with Crippen molar-refractivity contribution in [2.45, 2.75) is 26.3 Å². The van der Waals surface area contributed by atoms with E-state index in [4.69, 9.17) is 4.42 Å². The number of amides is 1. The van der Waals surface area contributed by atoms with Crippen molar-refractivity contribution in [1.29, 1.82) is 0 Å². The van der Waals surface area contributed by atoms with Gasteiger partial charge in [-0.15, -0.1) is 0 Å². The van der Waals surface area contributed by atoms with Crippen molar-refractivity contribution in [3.63, 3.8) is 0 Å². The number of hydrogen-bond donors (Lipinski definition) is 1. The number of nitrogens with zero attached hydrogens (tertiary/aromatic N) is 3. The first-order valence-electron chi connectivity index (χ1n) is 8.61. The average molecular weight is 382 g/mol. The maximum absolute atomic E-state index is 12.2. The van der Waals surface area contributed by atoms with Crippen molar-refractivity contribution >= 4 is 17.3 Å². The summed E-state index contributed by atoms with van der Waals surface area (Å²) in [5.41, 5.74) is 0.867. The Labute approximate surface area is 159 Å². The normalized spacial score (nSPS) is 10.6. The van der Waals surface area contributed by atoms with Gasteiger partial charge in [-0.25, -0.2) is 4.68 Å². The van der Waals surface area contributed by atoms with Crippen molar-refractivity contribution in [2.24, 2.45) is 0 Å². The first kappa shape index (κ1) is 19.0. The molecule has 0 aliphatic heterocycles. The Hall–Kier alpha value is -3.75. The van der Waals surface area contributed by atoms with E-state index < -0.39 is 4.92 Å². The van der Waals surface area contributed by atoms with Gasteiger partial charge in [-0.05, 0) is 37.1 Å². The molecule has 0 radical (unpaired) electrons. The highest BCUT2D eigenvalue weighted by Crippen LogP contribution is 2.27. The quantitative estimate of drug-likeness (QED) is 0.495. The van der Waals surface area contributed by atoms with Crippen LogP contribution < -0.4 is 10.9 Å². The number of benzene rings is 1. The number of nitro benzene ring substituents is 1. The highest BCUT2D eigenvalue weighted by Gasteiger charge is 2.17. The van der Waals surface area contributed by atoms with Gasteiger partial charge in [0.1, 0.15) is 11.4 Å². The number of nitrogens with one attached hydrogen (secondary N) is 1. The third-order valence-electron chi connectivity index (χ3n) is 4.13. The molecular formula is C19H18N4O5. The maximum Gasteiger partial charge on any atom is 0.293 e. The van der Waals surface area contributed by atoms with Crippen LogP contribution >= 0.6 is 0 Å². The van der Waals surface area contributed by atoms with Crippen molar-refractivity contribution in [3.05, 3.63) is 74.8 Å². The van der Waals surface area contributed by atoms with Crippen LogP contribution in [0.2, 0.25) is 0 Å². The topological polar surface area (TPSA) is 120 Å². The zero-order valence-corrected chi connectivity index (χ0v) is 15.1. The van der Waals surface area contributed by atoms with E-state index in [0.717, 1.165) is 0 Å². The Morgan fingerprint density at radius 3 is 2.79 bits per heavy atom. The molecule has 0 unspecified atom stereocenters. The SMILES string of the molecule is Cc1cccc([N+](=O)[O-])c1NC(=O)CCCn1nc(-c2ccco2)ccc1=O. The molecule has 0 aliphatic carbocycles. The summed E-state index contributed by atoms with van der Waals surface area (Å²) in [6, 6.07) is 11.0. The highest BCUT2D eigenvalue weighted by molar-refractivity contribution is 5.94. The third-order valence-corrected chi connectivity index (χ3v) is 4.13. The predicted octanol–water partition coefficient (Wildman–Crippen LogP) is 3.14. The molecule has 2 heterocycles. The number of aryl methyl sites for hydroxylation is 2. The van der Waals surface area contributed by atoms with Gasteiger partial charge in [0.2, 0.25) is 5.91 Å². The monoisotopic (exact) mass is 382 g/mol. The molecular weight excluding hydrogens is 364 g/mol. The predicted molar refractivity (Wildman–Crippen MR) is 102 cm³/mol. The second-order valence-electron chi connectivity index (χ2n) is 6.14.